The summed E-state index contributed by atoms with van der Waals surface area (Å²) in [5.41, 5.74) is 3.05. The highest BCUT2D eigenvalue weighted by Crippen LogP contribution is 2.49. The first-order chi connectivity index (χ1) is 12.2. The van der Waals surface area contributed by atoms with E-state index >= 15 is 0 Å². The summed E-state index contributed by atoms with van der Waals surface area (Å²) >= 11 is 1.53. The molecule has 2 aliphatic carbocycles. The molecule has 2 aliphatic rings. The van der Waals surface area contributed by atoms with Crippen molar-refractivity contribution in [2.45, 2.75) is 45.6 Å². The Morgan fingerprint density at radius 2 is 2.12 bits per heavy atom. The Balaban J connectivity index is 1.25. The van der Waals surface area contributed by atoms with E-state index in [1.807, 2.05) is 17.5 Å². The molecular weight excluding hydrogens is 332 g/mol. The first-order valence-corrected chi connectivity index (χ1v) is 9.97. The van der Waals surface area contributed by atoms with Gasteiger partial charge in [0.2, 0.25) is 0 Å². The number of benzene rings is 1. The van der Waals surface area contributed by atoms with E-state index in [-0.39, 0.29) is 12.6 Å². The summed E-state index contributed by atoms with van der Waals surface area (Å²) in [5.74, 6) is 2.12. The number of ether oxygens (including phenoxy) is 1. The smallest absolute Gasteiger partial charge is 0.306 e. The van der Waals surface area contributed by atoms with Crippen LogP contribution in [0, 0.1) is 24.7 Å². The number of nitrogens with one attached hydrogen (secondary N) is 1. The fraction of sp³-hybridized carbons (Fsp3) is 0.500. The van der Waals surface area contributed by atoms with Gasteiger partial charge >= 0.3 is 5.97 Å². The molecule has 132 valence electrons. The third-order valence-electron chi connectivity index (χ3n) is 5.55. The molecule has 0 amide bonds. The van der Waals surface area contributed by atoms with Gasteiger partial charge in [-0.3, -0.25) is 4.79 Å². The van der Waals surface area contributed by atoms with Crippen molar-refractivity contribution in [2.24, 2.45) is 17.8 Å². The molecule has 2 fully saturated rings. The minimum atomic E-state index is -0.0707. The first-order valence-electron chi connectivity index (χ1n) is 9.09. The molecule has 1 N–H and O–H groups in total. The lowest BCUT2D eigenvalue weighted by atomic mass is 9.86. The number of hydrogen-bond acceptors (Lipinski definition) is 5. The van der Waals surface area contributed by atoms with Crippen LogP contribution < -0.4 is 5.32 Å². The zero-order valence-corrected chi connectivity index (χ0v) is 15.3. The number of esters is 1. The van der Waals surface area contributed by atoms with E-state index in [2.05, 4.69) is 29.4 Å². The molecule has 4 nitrogen and oxygen atoms in total. The molecule has 0 unspecified atom stereocenters. The number of anilines is 2. The lowest BCUT2D eigenvalue weighted by Gasteiger charge is -2.20. The number of fused-ring (bicyclic) bond motifs is 2. The van der Waals surface area contributed by atoms with Gasteiger partial charge in [-0.25, -0.2) is 4.98 Å². The fourth-order valence-electron chi connectivity index (χ4n) is 4.24. The standard InChI is InChI=1S/C20H24N2O2S/c1-13-2-6-17(7-3-13)21-20-22-18(12-25-20)11-24-19(23)10-16-9-14-4-5-15(16)8-14/h2-3,6-7,12,14-16H,4-5,8-11H2,1H3,(H,21,22)/t14-,15+,16-/m0/s1. The average Bonchev–Trinajstić information content (AvgIpc) is 3.32. The summed E-state index contributed by atoms with van der Waals surface area (Å²) in [6, 6.07) is 8.19. The highest BCUT2D eigenvalue weighted by atomic mass is 32.1. The highest BCUT2D eigenvalue weighted by Gasteiger charge is 2.40. The Labute approximate surface area is 152 Å². The molecule has 3 atom stereocenters. The van der Waals surface area contributed by atoms with Gasteiger partial charge in [-0.05, 0) is 56.1 Å². The number of aromatic nitrogens is 1. The van der Waals surface area contributed by atoms with Crippen LogP contribution in [0.5, 0.6) is 0 Å². The van der Waals surface area contributed by atoms with Gasteiger partial charge in [0.15, 0.2) is 5.13 Å². The maximum absolute atomic E-state index is 12.1. The van der Waals surface area contributed by atoms with Crippen molar-refractivity contribution in [3.8, 4) is 0 Å². The van der Waals surface area contributed by atoms with Crippen molar-refractivity contribution in [1.82, 2.24) is 4.98 Å². The molecule has 0 spiro atoms. The molecule has 2 saturated carbocycles. The zero-order valence-electron chi connectivity index (χ0n) is 14.5. The van der Waals surface area contributed by atoms with Crippen LogP contribution in [0.1, 0.15) is 43.4 Å². The number of carbonyl (C=O) groups excluding carboxylic acids is 1. The van der Waals surface area contributed by atoms with Crippen LogP contribution in [-0.2, 0) is 16.1 Å². The first kappa shape index (κ1) is 16.6. The van der Waals surface area contributed by atoms with E-state index in [4.69, 9.17) is 4.74 Å². The number of rotatable bonds is 6. The zero-order chi connectivity index (χ0) is 17.2. The summed E-state index contributed by atoms with van der Waals surface area (Å²) in [4.78, 5) is 16.6. The van der Waals surface area contributed by atoms with E-state index in [0.717, 1.165) is 28.3 Å². The Morgan fingerprint density at radius 3 is 2.84 bits per heavy atom. The molecule has 5 heteroatoms. The maximum Gasteiger partial charge on any atom is 0.306 e. The van der Waals surface area contributed by atoms with Crippen LogP contribution in [-0.4, -0.2) is 11.0 Å². The number of aryl methyl sites for hydroxylation is 1. The predicted molar refractivity (Wildman–Crippen MR) is 99.9 cm³/mol. The van der Waals surface area contributed by atoms with E-state index in [9.17, 15) is 4.79 Å². The fourth-order valence-corrected chi connectivity index (χ4v) is 4.96. The highest BCUT2D eigenvalue weighted by molar-refractivity contribution is 7.13. The van der Waals surface area contributed by atoms with Crippen molar-refractivity contribution < 1.29 is 9.53 Å². The largest absolute Gasteiger partial charge is 0.459 e. The summed E-state index contributed by atoms with van der Waals surface area (Å²) in [5, 5.41) is 6.05. The van der Waals surface area contributed by atoms with Crippen LogP contribution >= 0.6 is 11.3 Å². The normalized spacial score (nSPS) is 24.4. The molecule has 0 aliphatic heterocycles. The summed E-state index contributed by atoms with van der Waals surface area (Å²) in [6.45, 7) is 2.34. The Bertz CT molecular complexity index is 740. The lowest BCUT2D eigenvalue weighted by molar-refractivity contribution is -0.146. The third-order valence-corrected chi connectivity index (χ3v) is 6.36. The molecular formula is C20H24N2O2S. The molecule has 4 rings (SSSR count). The molecule has 2 aromatic rings. The van der Waals surface area contributed by atoms with Gasteiger partial charge in [-0.1, -0.05) is 24.1 Å². The maximum atomic E-state index is 12.1. The number of nitrogens with zero attached hydrogens (tertiary/aromatic N) is 1. The monoisotopic (exact) mass is 356 g/mol. The third kappa shape index (κ3) is 4.03. The Hall–Kier alpha value is -1.88. The van der Waals surface area contributed by atoms with Crippen LogP contribution in [0.4, 0.5) is 10.8 Å². The topological polar surface area (TPSA) is 51.2 Å². The molecule has 2 bridgehead atoms. The molecule has 1 aromatic heterocycles. The van der Waals surface area contributed by atoms with E-state index in [1.54, 1.807) is 0 Å². The van der Waals surface area contributed by atoms with Gasteiger partial charge < -0.3 is 10.1 Å². The quantitative estimate of drug-likeness (QED) is 0.735. The molecule has 1 heterocycles. The van der Waals surface area contributed by atoms with E-state index in [0.29, 0.717) is 12.3 Å². The Kier molecular flexibility index (Phi) is 4.75. The predicted octanol–water partition coefficient (Wildman–Crippen LogP) is 5.06. The van der Waals surface area contributed by atoms with Gasteiger partial charge in [0.05, 0.1) is 5.69 Å². The molecule has 0 radical (unpaired) electrons. The second-order valence-electron chi connectivity index (χ2n) is 7.43. The second-order valence-corrected chi connectivity index (χ2v) is 8.29. The number of carbonyl (C=O) groups is 1. The molecule has 0 saturated heterocycles. The van der Waals surface area contributed by atoms with Crippen LogP contribution in [0.2, 0.25) is 0 Å². The van der Waals surface area contributed by atoms with Crippen molar-refractivity contribution in [3.05, 3.63) is 40.9 Å². The van der Waals surface area contributed by atoms with Crippen molar-refractivity contribution >= 4 is 28.1 Å². The molecule has 1 aromatic carbocycles. The number of hydrogen-bond donors (Lipinski definition) is 1. The van der Waals surface area contributed by atoms with Crippen molar-refractivity contribution in [3.63, 3.8) is 0 Å². The van der Waals surface area contributed by atoms with E-state index in [1.165, 1.54) is 42.6 Å². The van der Waals surface area contributed by atoms with Gasteiger partial charge in [0, 0.05) is 17.5 Å². The van der Waals surface area contributed by atoms with Crippen LogP contribution in [0.3, 0.4) is 0 Å². The van der Waals surface area contributed by atoms with Gasteiger partial charge in [0.25, 0.3) is 0 Å². The SMILES string of the molecule is Cc1ccc(Nc2nc(COC(=O)C[C@@H]3C[C@H]4CC[C@@H]3C4)cs2)cc1. The minimum Gasteiger partial charge on any atom is -0.459 e. The van der Waals surface area contributed by atoms with Gasteiger partial charge in [-0.15, -0.1) is 11.3 Å². The number of thiazole rings is 1. The summed E-state index contributed by atoms with van der Waals surface area (Å²) in [6.07, 6.45) is 5.81. The van der Waals surface area contributed by atoms with Crippen LogP contribution in [0.25, 0.3) is 0 Å². The van der Waals surface area contributed by atoms with Crippen molar-refractivity contribution in [1.29, 1.82) is 0 Å². The summed E-state index contributed by atoms with van der Waals surface area (Å²) in [7, 11) is 0. The minimum absolute atomic E-state index is 0.0707. The lowest BCUT2D eigenvalue weighted by Crippen LogP contribution is -2.17. The molecule has 25 heavy (non-hydrogen) atoms. The van der Waals surface area contributed by atoms with Crippen LogP contribution in [0.15, 0.2) is 29.6 Å². The Morgan fingerprint density at radius 1 is 1.28 bits per heavy atom. The van der Waals surface area contributed by atoms with E-state index < -0.39 is 0 Å². The second kappa shape index (κ2) is 7.16. The van der Waals surface area contributed by atoms with Crippen molar-refractivity contribution in [2.75, 3.05) is 5.32 Å². The summed E-state index contributed by atoms with van der Waals surface area (Å²) < 4.78 is 5.45. The van der Waals surface area contributed by atoms with Gasteiger partial charge in [-0.2, -0.15) is 0 Å². The average molecular weight is 356 g/mol. The van der Waals surface area contributed by atoms with Gasteiger partial charge in [0.1, 0.15) is 6.61 Å².